The maximum Gasteiger partial charge on any atom is 0.214 e. The molecule has 28 heavy (non-hydrogen) atoms. The molecule has 7 heteroatoms. The number of aliphatic hydroxyl groups is 1. The van der Waals surface area contributed by atoms with Crippen molar-refractivity contribution in [1.29, 1.82) is 0 Å². The van der Waals surface area contributed by atoms with Crippen LogP contribution in [-0.2, 0) is 10.0 Å². The van der Waals surface area contributed by atoms with Gasteiger partial charge in [-0.25, -0.2) is 13.1 Å². The highest BCUT2D eigenvalue weighted by Crippen LogP contribution is 2.47. The van der Waals surface area contributed by atoms with Crippen LogP contribution in [0.2, 0.25) is 0 Å². The van der Waals surface area contributed by atoms with Gasteiger partial charge in [0.1, 0.15) is 5.84 Å². The average Bonchev–Trinajstić information content (AvgIpc) is 2.83. The summed E-state index contributed by atoms with van der Waals surface area (Å²) in [5.74, 6) is 0.763. The number of aliphatic imine (C=N–C) groups is 1. The first kappa shape index (κ1) is 23.4. The highest BCUT2D eigenvalue weighted by molar-refractivity contribution is 7.89. The molecular formula is C21H39N3O3S. The predicted octanol–water partition coefficient (Wildman–Crippen LogP) is 3.15. The zero-order chi connectivity index (χ0) is 21.7. The van der Waals surface area contributed by atoms with Crippen LogP contribution in [-0.4, -0.2) is 55.2 Å². The molecule has 6 nitrogen and oxygen atoms in total. The molecule has 0 radical (unpaired) electrons. The average molecular weight is 414 g/mol. The van der Waals surface area contributed by atoms with E-state index in [0.29, 0.717) is 13.0 Å². The standard InChI is InChI=1S/C21H39N3O3S/c1-19(2,3)16-15-12-14(23-28(26,27)11-10-25)13-24(15)18(21(7,8)9)22-17(16)20(4,5)6/h14,17,23,25H,10-13H2,1-9H3. The van der Waals surface area contributed by atoms with Gasteiger partial charge in [0.15, 0.2) is 0 Å². The van der Waals surface area contributed by atoms with Crippen LogP contribution < -0.4 is 4.72 Å². The zero-order valence-corrected chi connectivity index (χ0v) is 19.9. The molecule has 0 spiro atoms. The van der Waals surface area contributed by atoms with Gasteiger partial charge in [-0.2, -0.15) is 0 Å². The summed E-state index contributed by atoms with van der Waals surface area (Å²) in [6.45, 7) is 20.0. The Balaban J connectivity index is 2.57. The lowest BCUT2D eigenvalue weighted by Gasteiger charge is -2.45. The van der Waals surface area contributed by atoms with Crippen molar-refractivity contribution in [2.24, 2.45) is 21.2 Å². The van der Waals surface area contributed by atoms with Gasteiger partial charge < -0.3 is 10.0 Å². The van der Waals surface area contributed by atoms with E-state index in [1.54, 1.807) is 0 Å². The van der Waals surface area contributed by atoms with Crippen molar-refractivity contribution < 1.29 is 13.5 Å². The van der Waals surface area contributed by atoms with E-state index in [1.165, 1.54) is 11.3 Å². The zero-order valence-electron chi connectivity index (χ0n) is 19.0. The number of amidine groups is 1. The minimum Gasteiger partial charge on any atom is -0.395 e. The molecule has 0 aromatic heterocycles. The van der Waals surface area contributed by atoms with Crippen LogP contribution in [0, 0.1) is 16.2 Å². The fraction of sp³-hybridized carbons (Fsp3) is 0.857. The van der Waals surface area contributed by atoms with Gasteiger partial charge in [0.05, 0.1) is 18.4 Å². The molecule has 0 aliphatic carbocycles. The molecule has 0 saturated carbocycles. The molecule has 2 aliphatic rings. The van der Waals surface area contributed by atoms with Crippen LogP contribution in [0.1, 0.15) is 68.7 Å². The Bertz CT molecular complexity index is 762. The lowest BCUT2D eigenvalue weighted by atomic mass is 9.70. The number of hydrogen-bond donors (Lipinski definition) is 2. The van der Waals surface area contributed by atoms with Crippen molar-refractivity contribution in [3.05, 3.63) is 11.3 Å². The van der Waals surface area contributed by atoms with Crippen molar-refractivity contribution >= 4 is 15.9 Å². The van der Waals surface area contributed by atoms with E-state index in [1.807, 2.05) is 0 Å². The Kier molecular flexibility index (Phi) is 6.17. The van der Waals surface area contributed by atoms with E-state index < -0.39 is 10.0 Å². The largest absolute Gasteiger partial charge is 0.395 e. The lowest BCUT2D eigenvalue weighted by Crippen LogP contribution is -2.47. The van der Waals surface area contributed by atoms with Crippen molar-refractivity contribution in [1.82, 2.24) is 9.62 Å². The molecule has 1 fully saturated rings. The molecule has 2 rings (SSSR count). The van der Waals surface area contributed by atoms with Gasteiger partial charge in [0, 0.05) is 30.1 Å². The SMILES string of the molecule is CC(C)(C)C1=NC(C(C)(C)C)C(C(C)(C)C)=C2CC(NS(=O)(=O)CCO)CN12. The smallest absolute Gasteiger partial charge is 0.214 e. The second-order valence-corrected chi connectivity index (χ2v) is 13.1. The maximum atomic E-state index is 12.2. The summed E-state index contributed by atoms with van der Waals surface area (Å²) in [5.41, 5.74) is 2.27. The summed E-state index contributed by atoms with van der Waals surface area (Å²) in [7, 11) is -3.49. The van der Waals surface area contributed by atoms with Crippen molar-refractivity contribution in [3.8, 4) is 0 Å². The van der Waals surface area contributed by atoms with Crippen LogP contribution in [0.3, 0.4) is 0 Å². The fourth-order valence-electron chi connectivity index (χ4n) is 4.20. The third-order valence-electron chi connectivity index (χ3n) is 5.27. The Morgan fingerprint density at radius 2 is 1.64 bits per heavy atom. The maximum absolute atomic E-state index is 12.2. The molecular weight excluding hydrogens is 374 g/mol. The summed E-state index contributed by atoms with van der Waals surface area (Å²) in [4.78, 5) is 7.49. The molecule has 162 valence electrons. The van der Waals surface area contributed by atoms with E-state index in [2.05, 4.69) is 71.9 Å². The van der Waals surface area contributed by atoms with Crippen molar-refractivity contribution in [3.63, 3.8) is 0 Å². The van der Waals surface area contributed by atoms with E-state index in [-0.39, 0.29) is 40.7 Å². The van der Waals surface area contributed by atoms with E-state index >= 15 is 0 Å². The molecule has 1 saturated heterocycles. The molecule has 2 atom stereocenters. The minimum absolute atomic E-state index is 0.0350. The van der Waals surface area contributed by atoms with Gasteiger partial charge in [-0.15, -0.1) is 0 Å². The summed E-state index contributed by atoms with van der Waals surface area (Å²) < 4.78 is 27.3. The Morgan fingerprint density at radius 1 is 1.07 bits per heavy atom. The highest BCUT2D eigenvalue weighted by Gasteiger charge is 2.46. The number of fused-ring (bicyclic) bond motifs is 1. The molecule has 2 aliphatic heterocycles. The van der Waals surface area contributed by atoms with E-state index in [4.69, 9.17) is 10.1 Å². The van der Waals surface area contributed by atoms with Crippen LogP contribution in [0.4, 0.5) is 0 Å². The third-order valence-corrected chi connectivity index (χ3v) is 6.68. The normalized spacial score (nSPS) is 24.5. The predicted molar refractivity (Wildman–Crippen MR) is 116 cm³/mol. The second kappa shape index (κ2) is 7.40. The molecule has 0 aromatic rings. The second-order valence-electron chi connectivity index (χ2n) is 11.3. The van der Waals surface area contributed by atoms with Crippen molar-refractivity contribution in [2.45, 2.75) is 80.8 Å². The van der Waals surface area contributed by atoms with Gasteiger partial charge in [0.25, 0.3) is 0 Å². The van der Waals surface area contributed by atoms with Gasteiger partial charge in [-0.1, -0.05) is 62.3 Å². The van der Waals surface area contributed by atoms with Crippen LogP contribution >= 0.6 is 0 Å². The molecule has 2 heterocycles. The number of rotatable bonds is 4. The van der Waals surface area contributed by atoms with Gasteiger partial charge in [0.2, 0.25) is 10.0 Å². The summed E-state index contributed by atoms with van der Waals surface area (Å²) in [6, 6.07) is -0.157. The van der Waals surface area contributed by atoms with Crippen LogP contribution in [0.25, 0.3) is 0 Å². The number of nitrogens with one attached hydrogen (secondary N) is 1. The van der Waals surface area contributed by atoms with E-state index in [0.717, 1.165) is 5.84 Å². The third kappa shape index (κ3) is 4.97. The van der Waals surface area contributed by atoms with Crippen LogP contribution in [0.5, 0.6) is 0 Å². The topological polar surface area (TPSA) is 82.0 Å². The summed E-state index contributed by atoms with van der Waals surface area (Å²) in [5, 5.41) is 9.05. The van der Waals surface area contributed by atoms with Gasteiger partial charge in [-0.05, 0) is 16.4 Å². The fourth-order valence-corrected chi connectivity index (χ4v) is 5.23. The Hall–Kier alpha value is -0.920. The van der Waals surface area contributed by atoms with E-state index in [9.17, 15) is 8.42 Å². The monoisotopic (exact) mass is 413 g/mol. The number of hydrogen-bond acceptors (Lipinski definition) is 5. The molecule has 0 aromatic carbocycles. The molecule has 2 N–H and O–H groups in total. The van der Waals surface area contributed by atoms with Gasteiger partial charge >= 0.3 is 0 Å². The Labute approximate surface area is 171 Å². The number of aliphatic hydroxyl groups excluding tert-OH is 1. The van der Waals surface area contributed by atoms with Crippen molar-refractivity contribution in [2.75, 3.05) is 18.9 Å². The first-order valence-corrected chi connectivity index (χ1v) is 11.8. The van der Waals surface area contributed by atoms with Gasteiger partial charge in [-0.3, -0.25) is 4.99 Å². The van der Waals surface area contributed by atoms with Crippen LogP contribution in [0.15, 0.2) is 16.3 Å². The first-order valence-electron chi connectivity index (χ1n) is 10.2. The summed E-state index contributed by atoms with van der Waals surface area (Å²) >= 11 is 0. The summed E-state index contributed by atoms with van der Waals surface area (Å²) in [6.07, 6.45) is 0.652. The number of nitrogens with zero attached hydrogens (tertiary/aromatic N) is 2. The molecule has 0 bridgehead atoms. The first-order chi connectivity index (χ1) is 12.5. The molecule has 2 unspecified atom stereocenters. The quantitative estimate of drug-likeness (QED) is 0.742. The highest BCUT2D eigenvalue weighted by atomic mass is 32.2. The minimum atomic E-state index is -3.49. The molecule has 0 amide bonds. The Morgan fingerprint density at radius 3 is 2.07 bits per heavy atom. The number of sulfonamides is 1. The lowest BCUT2D eigenvalue weighted by molar-refractivity contribution is 0.285.